The molecule has 0 bridgehead atoms. The second kappa shape index (κ2) is 9.99. The van der Waals surface area contributed by atoms with Crippen molar-refractivity contribution in [3.8, 4) is 0 Å². The molecule has 0 saturated carbocycles. The summed E-state index contributed by atoms with van der Waals surface area (Å²) in [7, 11) is 1.44. The number of hydrogen-bond donors (Lipinski definition) is 0. The summed E-state index contributed by atoms with van der Waals surface area (Å²) in [6, 6.07) is 1.53. The van der Waals surface area contributed by atoms with E-state index in [1.165, 1.54) is 0 Å². The molecule has 0 aliphatic carbocycles. The maximum Gasteiger partial charge on any atom is 0.577 e. The number of halogens is 3. The first-order valence-corrected chi connectivity index (χ1v) is 8.45. The first-order valence-electron chi connectivity index (χ1n) is 7.23. The molecule has 1 aromatic rings. The zero-order valence-corrected chi connectivity index (χ0v) is 14.1. The van der Waals surface area contributed by atoms with Gasteiger partial charge in [0.1, 0.15) is 5.82 Å². The lowest BCUT2D eigenvalue weighted by atomic mass is 10.0. The van der Waals surface area contributed by atoms with Crippen molar-refractivity contribution in [2.45, 2.75) is 45.1 Å². The Balaban J connectivity index is 2.24. The van der Waals surface area contributed by atoms with Gasteiger partial charge in [0.2, 0.25) is 0 Å². The molecule has 7 heteroatoms. The second-order valence-corrected chi connectivity index (χ2v) is 6.60. The summed E-state index contributed by atoms with van der Waals surface area (Å²) in [5.74, 6) is -2.85. The fraction of sp³-hybridized carbons (Fsp3) is 0.600. The van der Waals surface area contributed by atoms with Crippen LogP contribution in [0.15, 0.2) is 12.1 Å². The number of hydrogen-bond acceptors (Lipinski definition) is 3. The minimum absolute atomic E-state index is 0.0220. The highest BCUT2D eigenvalue weighted by atomic mass is 28.3. The smallest absolute Gasteiger partial charge is 0.375 e. The quantitative estimate of drug-likeness (QED) is 0.369. The summed E-state index contributed by atoms with van der Waals surface area (Å²) in [5, 5.41) is 0. The predicted molar refractivity (Wildman–Crippen MR) is 78.8 cm³/mol. The summed E-state index contributed by atoms with van der Waals surface area (Å²) in [5.41, 5.74) is 0.215. The van der Waals surface area contributed by atoms with Crippen LogP contribution in [0.3, 0.4) is 0 Å². The molecule has 1 unspecified atom stereocenters. The highest BCUT2D eigenvalue weighted by Gasteiger charge is 2.18. The third kappa shape index (κ3) is 6.47. The van der Waals surface area contributed by atoms with E-state index < -0.39 is 27.0 Å². The van der Waals surface area contributed by atoms with E-state index in [0.29, 0.717) is 18.9 Å². The van der Waals surface area contributed by atoms with Gasteiger partial charge in [-0.05, 0) is 37.8 Å². The van der Waals surface area contributed by atoms with Crippen molar-refractivity contribution in [1.82, 2.24) is 0 Å². The number of rotatable bonds is 10. The summed E-state index contributed by atoms with van der Waals surface area (Å²) in [6.45, 7) is 1.94. The van der Waals surface area contributed by atoms with E-state index >= 15 is 0 Å². The molecular formula is C15H22F3O3Si. The third-order valence-electron chi connectivity index (χ3n) is 3.28. The van der Waals surface area contributed by atoms with Gasteiger partial charge in [0, 0.05) is 26.4 Å². The van der Waals surface area contributed by atoms with Crippen LogP contribution in [0.2, 0.25) is 0 Å². The Bertz CT molecular complexity index is 456. The zero-order valence-electron chi connectivity index (χ0n) is 13.1. The molecule has 3 nitrogen and oxygen atoms in total. The normalized spacial score (nSPS) is 12.9. The van der Waals surface area contributed by atoms with Crippen LogP contribution < -0.4 is 0 Å². The Hall–Kier alpha value is -0.893. The average Bonchev–Trinajstić information content (AvgIpc) is 2.49. The summed E-state index contributed by atoms with van der Waals surface area (Å²) in [4.78, 5) is 0. The Morgan fingerprint density at radius 2 is 1.59 bits per heavy atom. The van der Waals surface area contributed by atoms with Crippen LogP contribution in [0.25, 0.3) is 0 Å². The number of unbranched alkanes of at least 4 members (excludes halogenated alkanes) is 2. The van der Waals surface area contributed by atoms with Gasteiger partial charge < -0.3 is 13.3 Å². The summed E-state index contributed by atoms with van der Waals surface area (Å²) >= 11 is 0. The number of aryl methyl sites for hydroxylation is 1. The van der Waals surface area contributed by atoms with Gasteiger partial charge in [-0.25, -0.2) is 13.2 Å². The van der Waals surface area contributed by atoms with Crippen LogP contribution in [-0.2, 0) is 19.7 Å². The van der Waals surface area contributed by atoms with E-state index in [1.54, 1.807) is 14.2 Å². The molecule has 1 atom stereocenters. The average molecular weight is 335 g/mol. The largest absolute Gasteiger partial charge is 0.577 e. The Morgan fingerprint density at radius 1 is 0.955 bits per heavy atom. The number of benzene rings is 1. The fourth-order valence-electron chi connectivity index (χ4n) is 2.08. The fourth-order valence-corrected chi connectivity index (χ4v) is 2.89. The maximum atomic E-state index is 13.4. The van der Waals surface area contributed by atoms with Crippen LogP contribution in [0.5, 0.6) is 0 Å². The molecule has 0 aliphatic rings. The molecule has 22 heavy (non-hydrogen) atoms. The van der Waals surface area contributed by atoms with E-state index in [-0.39, 0.29) is 11.7 Å². The SMILES string of the molecule is CO[Si](OC)OC(C)CCCCCc1cc(F)c(F)cc1F. The topological polar surface area (TPSA) is 27.7 Å². The van der Waals surface area contributed by atoms with Crippen LogP contribution in [-0.4, -0.2) is 29.9 Å². The molecule has 0 fully saturated rings. The van der Waals surface area contributed by atoms with Crippen molar-refractivity contribution in [2.75, 3.05) is 14.2 Å². The molecule has 125 valence electrons. The maximum absolute atomic E-state index is 13.4. The van der Waals surface area contributed by atoms with Gasteiger partial charge in [0.15, 0.2) is 11.6 Å². The van der Waals surface area contributed by atoms with Crippen LogP contribution in [0, 0.1) is 17.5 Å². The minimum Gasteiger partial charge on any atom is -0.375 e. The molecule has 1 aromatic carbocycles. The van der Waals surface area contributed by atoms with Gasteiger partial charge in [0.05, 0.1) is 0 Å². The molecular weight excluding hydrogens is 313 g/mol. The van der Waals surface area contributed by atoms with Gasteiger partial charge in [-0.3, -0.25) is 0 Å². The van der Waals surface area contributed by atoms with Crippen molar-refractivity contribution < 1.29 is 26.4 Å². The second-order valence-electron chi connectivity index (χ2n) is 5.04. The van der Waals surface area contributed by atoms with Crippen molar-refractivity contribution in [3.05, 3.63) is 35.1 Å². The van der Waals surface area contributed by atoms with Crippen molar-refractivity contribution in [2.24, 2.45) is 0 Å². The molecule has 0 saturated heterocycles. The van der Waals surface area contributed by atoms with Gasteiger partial charge in [0.25, 0.3) is 0 Å². The summed E-state index contributed by atoms with van der Waals surface area (Å²) in [6.07, 6.45) is 3.71. The van der Waals surface area contributed by atoms with Gasteiger partial charge in [-0.1, -0.05) is 12.8 Å². The third-order valence-corrected chi connectivity index (χ3v) is 4.54. The van der Waals surface area contributed by atoms with Crippen LogP contribution >= 0.6 is 0 Å². The zero-order chi connectivity index (χ0) is 16.5. The highest BCUT2D eigenvalue weighted by molar-refractivity contribution is 6.36. The van der Waals surface area contributed by atoms with Crippen molar-refractivity contribution in [1.29, 1.82) is 0 Å². The molecule has 0 aliphatic heterocycles. The minimum atomic E-state index is -1.65. The van der Waals surface area contributed by atoms with Crippen LogP contribution in [0.4, 0.5) is 13.2 Å². The molecule has 0 heterocycles. The lowest BCUT2D eigenvalue weighted by molar-refractivity contribution is 0.0893. The van der Waals surface area contributed by atoms with E-state index in [0.717, 1.165) is 25.3 Å². The highest BCUT2D eigenvalue weighted by Crippen LogP contribution is 2.17. The molecule has 0 spiro atoms. The summed E-state index contributed by atoms with van der Waals surface area (Å²) < 4.78 is 54.9. The predicted octanol–water partition coefficient (Wildman–Crippen LogP) is 3.89. The van der Waals surface area contributed by atoms with E-state index in [1.807, 2.05) is 6.92 Å². The molecule has 0 aromatic heterocycles. The van der Waals surface area contributed by atoms with E-state index in [9.17, 15) is 13.2 Å². The van der Waals surface area contributed by atoms with Gasteiger partial charge in [-0.2, -0.15) is 0 Å². The Kier molecular flexibility index (Phi) is 8.70. The molecule has 0 amide bonds. The van der Waals surface area contributed by atoms with Crippen molar-refractivity contribution >= 4 is 9.53 Å². The molecule has 1 radical (unpaired) electrons. The van der Waals surface area contributed by atoms with Crippen molar-refractivity contribution in [3.63, 3.8) is 0 Å². The standard InChI is InChI=1S/C15H22F3O3Si/c1-11(21-22(19-2)20-3)7-5-4-6-8-12-9-14(17)15(18)10-13(12)16/h9-11H,4-8H2,1-3H3. The van der Waals surface area contributed by atoms with Gasteiger partial charge in [-0.15, -0.1) is 0 Å². The Labute approximate surface area is 131 Å². The first kappa shape index (κ1) is 19.2. The lowest BCUT2D eigenvalue weighted by Gasteiger charge is -2.16. The lowest BCUT2D eigenvalue weighted by Crippen LogP contribution is -2.28. The monoisotopic (exact) mass is 335 g/mol. The van der Waals surface area contributed by atoms with E-state index in [2.05, 4.69) is 0 Å². The Morgan fingerprint density at radius 3 is 2.23 bits per heavy atom. The van der Waals surface area contributed by atoms with E-state index in [4.69, 9.17) is 13.3 Å². The molecule has 1 rings (SSSR count). The first-order chi connectivity index (χ1) is 10.5. The molecule has 0 N–H and O–H groups in total. The van der Waals surface area contributed by atoms with Gasteiger partial charge >= 0.3 is 9.53 Å². The van der Waals surface area contributed by atoms with Crippen LogP contribution in [0.1, 0.15) is 38.2 Å².